The summed E-state index contributed by atoms with van der Waals surface area (Å²) >= 11 is 0. The zero-order valence-electron chi connectivity index (χ0n) is 21.5. The summed E-state index contributed by atoms with van der Waals surface area (Å²) in [6, 6.07) is 21.9. The van der Waals surface area contributed by atoms with Crippen LogP contribution in [0.25, 0.3) is 33.3 Å². The molecule has 184 valence electrons. The molecule has 0 N–H and O–H groups in total. The van der Waals surface area contributed by atoms with Gasteiger partial charge in [0.05, 0.1) is 28.2 Å². The maximum atomic E-state index is 9.10. The number of aromatic nitrogens is 4. The molecule has 0 fully saturated rings. The molecule has 37 heavy (non-hydrogen) atoms. The summed E-state index contributed by atoms with van der Waals surface area (Å²) in [7, 11) is 0. The quantitative estimate of drug-likeness (QED) is 0.265. The van der Waals surface area contributed by atoms with Crippen molar-refractivity contribution in [2.75, 3.05) is 0 Å². The van der Waals surface area contributed by atoms with Crippen LogP contribution in [-0.2, 0) is 10.8 Å². The molecule has 4 heterocycles. The zero-order valence-corrected chi connectivity index (χ0v) is 21.5. The first-order chi connectivity index (χ1) is 17.6. The lowest BCUT2D eigenvalue weighted by atomic mass is 9.86. The summed E-state index contributed by atoms with van der Waals surface area (Å²) in [6.45, 7) is 10.7. The lowest BCUT2D eigenvalue weighted by Crippen LogP contribution is -2.21. The molecule has 4 aromatic heterocycles. The zero-order chi connectivity index (χ0) is 25.9. The summed E-state index contributed by atoms with van der Waals surface area (Å²) in [4.78, 5) is 0. The van der Waals surface area contributed by atoms with Crippen LogP contribution in [0.3, 0.4) is 0 Å². The molecular formula is C30H27N5O2. The average Bonchev–Trinajstić information content (AvgIpc) is 3.66. The second-order valence-electron chi connectivity index (χ2n) is 10.9. The van der Waals surface area contributed by atoms with Crippen LogP contribution in [0.4, 0.5) is 0 Å². The molecule has 0 saturated carbocycles. The summed E-state index contributed by atoms with van der Waals surface area (Å²) < 4.78 is 15.3. The van der Waals surface area contributed by atoms with Crippen LogP contribution in [-0.4, -0.2) is 19.6 Å². The summed E-state index contributed by atoms with van der Waals surface area (Å²) in [6.07, 6.45) is 3.93. The van der Waals surface area contributed by atoms with Crippen LogP contribution < -0.4 is 0 Å². The Hall–Kier alpha value is -4.57. The number of furan rings is 2. The van der Waals surface area contributed by atoms with Crippen molar-refractivity contribution in [1.29, 1.82) is 5.26 Å². The normalized spacial score (nSPS) is 12.4. The van der Waals surface area contributed by atoms with Gasteiger partial charge in [-0.15, -0.1) is 0 Å². The molecule has 7 heteroatoms. The number of nitrogens with zero attached hydrogens (tertiary/aromatic N) is 5. The standard InChI is InChI=1S/C30H27N5O2/c1-29(2,3)28-17-20-15-22(7-9-25(20)37-28)35-13-11-27(33-35)30(4,5)26-10-12-34(32-26)21-6-8-24-19(14-21)16-23(18-31)36-24/h6-17H,1-5H3. The molecule has 7 nitrogen and oxygen atoms in total. The first-order valence-corrected chi connectivity index (χ1v) is 12.2. The van der Waals surface area contributed by atoms with Gasteiger partial charge in [0.1, 0.15) is 23.0 Å². The smallest absolute Gasteiger partial charge is 0.204 e. The number of hydrogen-bond acceptors (Lipinski definition) is 5. The van der Waals surface area contributed by atoms with Crippen LogP contribution in [0.2, 0.25) is 0 Å². The third kappa shape index (κ3) is 3.91. The minimum atomic E-state index is -0.413. The van der Waals surface area contributed by atoms with Gasteiger partial charge in [0.15, 0.2) is 0 Å². The Kier molecular flexibility index (Phi) is 4.93. The molecule has 0 aliphatic heterocycles. The Bertz CT molecular complexity index is 1810. The lowest BCUT2D eigenvalue weighted by molar-refractivity contribution is 0.430. The largest absolute Gasteiger partial charge is 0.461 e. The first kappa shape index (κ1) is 22.9. The summed E-state index contributed by atoms with van der Waals surface area (Å²) in [5, 5.41) is 20.8. The highest BCUT2D eigenvalue weighted by Gasteiger charge is 2.29. The predicted octanol–water partition coefficient (Wildman–Crippen LogP) is 7.05. The van der Waals surface area contributed by atoms with E-state index in [4.69, 9.17) is 24.3 Å². The van der Waals surface area contributed by atoms with Gasteiger partial charge in [0.2, 0.25) is 5.76 Å². The monoisotopic (exact) mass is 489 g/mol. The molecule has 6 aromatic rings. The van der Waals surface area contributed by atoms with Gasteiger partial charge in [0, 0.05) is 34.6 Å². The number of rotatable bonds is 4. The Balaban J connectivity index is 1.29. The molecule has 0 aliphatic carbocycles. The van der Waals surface area contributed by atoms with Crippen LogP contribution in [0.1, 0.15) is 57.5 Å². The van der Waals surface area contributed by atoms with Crippen molar-refractivity contribution in [3.05, 3.63) is 96.0 Å². The molecule has 6 rings (SSSR count). The number of benzene rings is 2. The van der Waals surface area contributed by atoms with E-state index >= 15 is 0 Å². The number of hydrogen-bond donors (Lipinski definition) is 0. The van der Waals surface area contributed by atoms with E-state index in [0.29, 0.717) is 11.3 Å². The first-order valence-electron chi connectivity index (χ1n) is 12.2. The Morgan fingerprint density at radius 1 is 0.703 bits per heavy atom. The fourth-order valence-electron chi connectivity index (χ4n) is 4.50. The highest BCUT2D eigenvalue weighted by atomic mass is 16.3. The second kappa shape index (κ2) is 7.97. The number of fused-ring (bicyclic) bond motifs is 2. The van der Waals surface area contributed by atoms with Gasteiger partial charge in [-0.05, 0) is 68.4 Å². The predicted molar refractivity (Wildman–Crippen MR) is 142 cm³/mol. The van der Waals surface area contributed by atoms with Gasteiger partial charge < -0.3 is 8.83 Å². The van der Waals surface area contributed by atoms with Gasteiger partial charge in [-0.3, -0.25) is 0 Å². The molecule has 0 radical (unpaired) electrons. The summed E-state index contributed by atoms with van der Waals surface area (Å²) in [5.74, 6) is 1.27. The topological polar surface area (TPSA) is 85.7 Å². The highest BCUT2D eigenvalue weighted by Crippen LogP contribution is 2.32. The fraction of sp³-hybridized carbons (Fsp3) is 0.233. The van der Waals surface area contributed by atoms with Gasteiger partial charge >= 0.3 is 0 Å². The maximum Gasteiger partial charge on any atom is 0.204 e. The molecule has 2 aromatic carbocycles. The van der Waals surface area contributed by atoms with E-state index in [2.05, 4.69) is 46.8 Å². The van der Waals surface area contributed by atoms with E-state index in [9.17, 15) is 0 Å². The number of nitriles is 1. The molecule has 0 spiro atoms. The van der Waals surface area contributed by atoms with Crippen molar-refractivity contribution in [1.82, 2.24) is 19.6 Å². The molecule has 0 amide bonds. The minimum absolute atomic E-state index is 0.0463. The molecule has 0 aliphatic rings. The minimum Gasteiger partial charge on any atom is -0.461 e. The van der Waals surface area contributed by atoms with Crippen molar-refractivity contribution in [3.8, 4) is 17.4 Å². The SMILES string of the molecule is CC(C)(C)c1cc2cc(-n3ccc(C(C)(C)c4ccn(-c5ccc6oc(C#N)cc6c5)n4)n3)ccc2o1. The van der Waals surface area contributed by atoms with Gasteiger partial charge in [-0.2, -0.15) is 15.5 Å². The van der Waals surface area contributed by atoms with E-state index in [1.807, 2.05) is 70.3 Å². The molecule has 0 bridgehead atoms. The van der Waals surface area contributed by atoms with E-state index < -0.39 is 5.41 Å². The average molecular weight is 490 g/mol. The van der Waals surface area contributed by atoms with Crippen LogP contribution in [0.5, 0.6) is 0 Å². The van der Waals surface area contributed by atoms with Crippen molar-refractivity contribution >= 4 is 21.9 Å². The highest BCUT2D eigenvalue weighted by molar-refractivity contribution is 5.81. The van der Waals surface area contributed by atoms with Gasteiger partial charge in [-0.1, -0.05) is 20.8 Å². The molecule has 0 unspecified atom stereocenters. The third-order valence-corrected chi connectivity index (χ3v) is 6.84. The van der Waals surface area contributed by atoms with Crippen molar-refractivity contribution in [3.63, 3.8) is 0 Å². The Morgan fingerprint density at radius 2 is 1.24 bits per heavy atom. The maximum absolute atomic E-state index is 9.10. The van der Waals surface area contributed by atoms with Crippen LogP contribution >= 0.6 is 0 Å². The van der Waals surface area contributed by atoms with Crippen molar-refractivity contribution in [2.45, 2.75) is 45.4 Å². The lowest BCUT2D eigenvalue weighted by Gasteiger charge is -2.19. The van der Waals surface area contributed by atoms with Gasteiger partial charge in [-0.25, -0.2) is 9.36 Å². The van der Waals surface area contributed by atoms with Crippen LogP contribution in [0.15, 0.2) is 81.9 Å². The van der Waals surface area contributed by atoms with E-state index in [-0.39, 0.29) is 5.41 Å². The van der Waals surface area contributed by atoms with Crippen molar-refractivity contribution < 1.29 is 8.83 Å². The Morgan fingerprint density at radius 3 is 1.78 bits per heavy atom. The van der Waals surface area contributed by atoms with Crippen molar-refractivity contribution in [2.24, 2.45) is 0 Å². The van der Waals surface area contributed by atoms with E-state index in [1.54, 1.807) is 6.07 Å². The van der Waals surface area contributed by atoms with Gasteiger partial charge in [0.25, 0.3) is 0 Å². The van der Waals surface area contributed by atoms with E-state index in [1.165, 1.54) is 0 Å². The van der Waals surface area contributed by atoms with E-state index in [0.717, 1.165) is 44.9 Å². The third-order valence-electron chi connectivity index (χ3n) is 6.84. The molecule has 0 saturated heterocycles. The molecular weight excluding hydrogens is 462 g/mol. The Labute approximate surface area is 214 Å². The fourth-order valence-corrected chi connectivity index (χ4v) is 4.50. The summed E-state index contributed by atoms with van der Waals surface area (Å²) in [5.41, 5.74) is 4.80. The van der Waals surface area contributed by atoms with Crippen LogP contribution in [0, 0.1) is 11.3 Å². The second-order valence-corrected chi connectivity index (χ2v) is 10.9. The molecule has 0 atom stereocenters.